The Morgan fingerprint density at radius 3 is 2.56 bits per heavy atom. The molecule has 1 aliphatic carbocycles. The number of carboxylic acids is 1. The van der Waals surface area contributed by atoms with Crippen LogP contribution in [0.5, 0.6) is 0 Å². The SMILES string of the molecule is Cc1c(N2CC(C)C(N)C2)c(F)cc2c(=O)c(C(=O)O)cn([C@@H]3C[C@@H]3F)c12. The first-order valence-corrected chi connectivity index (χ1v) is 8.96. The number of hydrogen-bond acceptors (Lipinski definition) is 4. The molecule has 6 nitrogen and oxygen atoms in total. The molecule has 8 heteroatoms. The molecule has 2 heterocycles. The van der Waals surface area contributed by atoms with Crippen molar-refractivity contribution in [2.45, 2.75) is 38.5 Å². The topological polar surface area (TPSA) is 88.6 Å². The number of rotatable bonds is 3. The first-order chi connectivity index (χ1) is 12.7. The lowest BCUT2D eigenvalue weighted by molar-refractivity contribution is 0.0694. The van der Waals surface area contributed by atoms with Gasteiger partial charge in [0, 0.05) is 37.1 Å². The average Bonchev–Trinajstić information content (AvgIpc) is 3.22. The number of aromatic nitrogens is 1. The van der Waals surface area contributed by atoms with Crippen LogP contribution in [0.1, 0.15) is 35.3 Å². The molecule has 0 bridgehead atoms. The number of fused-ring (bicyclic) bond motifs is 1. The van der Waals surface area contributed by atoms with Gasteiger partial charge in [-0.2, -0.15) is 0 Å². The highest BCUT2D eigenvalue weighted by Gasteiger charge is 2.41. The van der Waals surface area contributed by atoms with Crippen LogP contribution in [0, 0.1) is 18.7 Å². The molecule has 0 amide bonds. The maximum atomic E-state index is 15.0. The van der Waals surface area contributed by atoms with Gasteiger partial charge in [0.25, 0.3) is 0 Å². The van der Waals surface area contributed by atoms with Crippen LogP contribution in [0.25, 0.3) is 10.9 Å². The van der Waals surface area contributed by atoms with Gasteiger partial charge in [-0.25, -0.2) is 13.6 Å². The van der Waals surface area contributed by atoms with Gasteiger partial charge >= 0.3 is 5.97 Å². The molecule has 2 unspecified atom stereocenters. The minimum atomic E-state index is -1.41. The number of pyridine rings is 1. The van der Waals surface area contributed by atoms with Gasteiger partial charge in [-0.3, -0.25) is 4.79 Å². The largest absolute Gasteiger partial charge is 0.477 e. The first-order valence-electron chi connectivity index (χ1n) is 8.96. The van der Waals surface area contributed by atoms with Crippen LogP contribution >= 0.6 is 0 Å². The van der Waals surface area contributed by atoms with Crippen molar-refractivity contribution in [1.82, 2.24) is 4.57 Å². The summed E-state index contributed by atoms with van der Waals surface area (Å²) in [5, 5.41) is 9.28. The van der Waals surface area contributed by atoms with E-state index >= 15 is 0 Å². The predicted octanol–water partition coefficient (Wildman–Crippen LogP) is 2.21. The molecule has 1 aliphatic heterocycles. The molecule has 4 rings (SSSR count). The lowest BCUT2D eigenvalue weighted by Gasteiger charge is -2.24. The fourth-order valence-electron chi connectivity index (χ4n) is 4.09. The van der Waals surface area contributed by atoms with Gasteiger partial charge in [-0.05, 0) is 24.5 Å². The van der Waals surface area contributed by atoms with E-state index in [-0.39, 0.29) is 23.8 Å². The van der Waals surface area contributed by atoms with Crippen molar-refractivity contribution in [2.24, 2.45) is 11.7 Å². The Morgan fingerprint density at radius 2 is 2.04 bits per heavy atom. The van der Waals surface area contributed by atoms with Crippen LogP contribution in [-0.4, -0.2) is 40.9 Å². The van der Waals surface area contributed by atoms with Crippen molar-refractivity contribution in [2.75, 3.05) is 18.0 Å². The third kappa shape index (κ3) is 2.70. The fraction of sp³-hybridized carbons (Fsp3) is 0.474. The number of alkyl halides is 1. The highest BCUT2D eigenvalue weighted by molar-refractivity contribution is 5.95. The normalized spacial score (nSPS) is 27.4. The number of nitrogens with zero attached hydrogens (tertiary/aromatic N) is 2. The molecule has 1 saturated carbocycles. The molecule has 2 fully saturated rings. The number of aromatic carboxylic acids is 1. The van der Waals surface area contributed by atoms with Crippen molar-refractivity contribution in [1.29, 1.82) is 0 Å². The summed E-state index contributed by atoms with van der Waals surface area (Å²) in [7, 11) is 0. The van der Waals surface area contributed by atoms with E-state index in [2.05, 4.69) is 0 Å². The van der Waals surface area contributed by atoms with Crippen molar-refractivity contribution < 1.29 is 18.7 Å². The van der Waals surface area contributed by atoms with Crippen molar-refractivity contribution in [3.8, 4) is 0 Å². The minimum Gasteiger partial charge on any atom is -0.477 e. The summed E-state index contributed by atoms with van der Waals surface area (Å²) < 4.78 is 30.3. The zero-order valence-corrected chi connectivity index (χ0v) is 15.1. The molecule has 2 aromatic rings. The van der Waals surface area contributed by atoms with Gasteiger partial charge in [0.2, 0.25) is 5.43 Å². The fourth-order valence-corrected chi connectivity index (χ4v) is 4.09. The summed E-state index contributed by atoms with van der Waals surface area (Å²) in [6.07, 6.45) is 0.324. The van der Waals surface area contributed by atoms with Gasteiger partial charge in [0.1, 0.15) is 17.6 Å². The van der Waals surface area contributed by atoms with Crippen molar-refractivity contribution in [3.63, 3.8) is 0 Å². The predicted molar refractivity (Wildman–Crippen MR) is 97.8 cm³/mol. The van der Waals surface area contributed by atoms with Crippen LogP contribution < -0.4 is 16.1 Å². The van der Waals surface area contributed by atoms with Crippen molar-refractivity contribution >= 4 is 22.6 Å². The van der Waals surface area contributed by atoms with Crippen molar-refractivity contribution in [3.05, 3.63) is 39.4 Å². The maximum Gasteiger partial charge on any atom is 0.341 e. The smallest absolute Gasteiger partial charge is 0.341 e. The molecule has 1 aromatic carbocycles. The zero-order chi connectivity index (χ0) is 19.6. The van der Waals surface area contributed by atoms with Gasteiger partial charge in [-0.15, -0.1) is 0 Å². The summed E-state index contributed by atoms with van der Waals surface area (Å²) in [6, 6.07) is 0.449. The lowest BCUT2D eigenvalue weighted by atomic mass is 10.0. The van der Waals surface area contributed by atoms with Crippen LogP contribution in [0.15, 0.2) is 17.1 Å². The molecular weight excluding hydrogens is 356 g/mol. The van der Waals surface area contributed by atoms with E-state index in [0.717, 1.165) is 6.07 Å². The number of hydrogen-bond donors (Lipinski definition) is 2. The van der Waals surface area contributed by atoms with E-state index in [9.17, 15) is 23.5 Å². The summed E-state index contributed by atoms with van der Waals surface area (Å²) in [4.78, 5) is 25.9. The summed E-state index contributed by atoms with van der Waals surface area (Å²) in [6.45, 7) is 4.74. The first kappa shape index (κ1) is 17.9. The summed E-state index contributed by atoms with van der Waals surface area (Å²) in [5.74, 6) is -1.82. The quantitative estimate of drug-likeness (QED) is 0.856. The Hall–Kier alpha value is -2.48. The second-order valence-electron chi connectivity index (χ2n) is 7.68. The van der Waals surface area contributed by atoms with Gasteiger partial charge < -0.3 is 20.3 Å². The van der Waals surface area contributed by atoms with Gasteiger partial charge in [0.15, 0.2) is 0 Å². The van der Waals surface area contributed by atoms with E-state index in [1.165, 1.54) is 10.8 Å². The molecule has 2 aliphatic rings. The van der Waals surface area contributed by atoms with Crippen LogP contribution in [0.2, 0.25) is 0 Å². The average molecular weight is 377 g/mol. The van der Waals surface area contributed by atoms with Crippen LogP contribution in [0.3, 0.4) is 0 Å². The standard InChI is InChI=1S/C19H21F2N3O3/c1-8-5-23(7-14(8)22)17-9(2)16-10(3-13(17)21)18(25)11(19(26)27)6-24(16)15-4-12(15)20/h3,6,8,12,14-15H,4-5,7,22H2,1-2H3,(H,26,27)/t8?,12-,14?,15+/m0/s1. The molecule has 4 atom stereocenters. The highest BCUT2D eigenvalue weighted by Crippen LogP contribution is 2.42. The summed E-state index contributed by atoms with van der Waals surface area (Å²) >= 11 is 0. The molecular formula is C19H21F2N3O3. The van der Waals surface area contributed by atoms with Crippen LogP contribution in [-0.2, 0) is 0 Å². The number of anilines is 1. The maximum absolute atomic E-state index is 15.0. The molecule has 27 heavy (non-hydrogen) atoms. The second kappa shape index (κ2) is 6.02. The Morgan fingerprint density at radius 1 is 1.37 bits per heavy atom. The molecule has 0 radical (unpaired) electrons. The highest BCUT2D eigenvalue weighted by atomic mass is 19.1. The van der Waals surface area contributed by atoms with E-state index < -0.39 is 35.0 Å². The monoisotopic (exact) mass is 377 g/mol. The number of aryl methyl sites for hydroxylation is 1. The van der Waals surface area contributed by atoms with E-state index in [4.69, 9.17) is 5.73 Å². The zero-order valence-electron chi connectivity index (χ0n) is 15.1. The Balaban J connectivity index is 2.00. The Bertz CT molecular complexity index is 1010. The molecule has 1 saturated heterocycles. The summed E-state index contributed by atoms with van der Waals surface area (Å²) in [5.41, 5.74) is 6.06. The van der Waals surface area contributed by atoms with E-state index in [1.807, 2.05) is 11.8 Å². The molecule has 144 valence electrons. The number of carbonyl (C=O) groups is 1. The number of carboxylic acid groups (broad SMARTS) is 1. The molecule has 0 spiro atoms. The number of nitrogens with two attached hydrogens (primary N) is 1. The van der Waals surface area contributed by atoms with Gasteiger partial charge in [0.05, 0.1) is 17.2 Å². The van der Waals surface area contributed by atoms with E-state index in [0.29, 0.717) is 29.9 Å². The lowest BCUT2D eigenvalue weighted by Crippen LogP contribution is -2.29. The number of benzene rings is 1. The second-order valence-corrected chi connectivity index (χ2v) is 7.68. The minimum absolute atomic E-state index is 0.0377. The number of halogens is 2. The van der Waals surface area contributed by atoms with E-state index in [1.54, 1.807) is 6.92 Å². The Kier molecular flexibility index (Phi) is 3.99. The molecule has 1 aromatic heterocycles. The van der Waals surface area contributed by atoms with Crippen LogP contribution in [0.4, 0.5) is 14.5 Å². The van der Waals surface area contributed by atoms with Gasteiger partial charge in [-0.1, -0.05) is 6.92 Å². The third-order valence-electron chi connectivity index (χ3n) is 5.73. The molecule has 3 N–H and O–H groups in total. The Labute approximate surface area is 154 Å². The third-order valence-corrected chi connectivity index (χ3v) is 5.73.